The Bertz CT molecular complexity index is 564. The first-order chi connectivity index (χ1) is 8.49. The Labute approximate surface area is 104 Å². The maximum Gasteiger partial charge on any atom is 0.225 e. The van der Waals surface area contributed by atoms with Gasteiger partial charge in [-0.25, -0.2) is 8.78 Å². The summed E-state index contributed by atoms with van der Waals surface area (Å²) in [6, 6.07) is 3.62. The van der Waals surface area contributed by atoms with E-state index in [1.54, 1.807) is 0 Å². The fourth-order valence-electron chi connectivity index (χ4n) is 1.80. The van der Waals surface area contributed by atoms with Crippen molar-refractivity contribution in [3.05, 3.63) is 35.4 Å². The van der Waals surface area contributed by atoms with Crippen LogP contribution >= 0.6 is 0 Å². The van der Waals surface area contributed by atoms with Crippen molar-refractivity contribution in [1.82, 2.24) is 5.16 Å². The lowest BCUT2D eigenvalue weighted by Gasteiger charge is -2.05. The zero-order valence-corrected chi connectivity index (χ0v) is 10.2. The second-order valence-electron chi connectivity index (χ2n) is 4.60. The highest BCUT2D eigenvalue weighted by Gasteiger charge is 2.17. The van der Waals surface area contributed by atoms with Crippen molar-refractivity contribution < 1.29 is 13.3 Å². The van der Waals surface area contributed by atoms with E-state index in [2.05, 4.69) is 5.16 Å². The zero-order valence-electron chi connectivity index (χ0n) is 10.2. The minimum atomic E-state index is -0.912. The van der Waals surface area contributed by atoms with Gasteiger partial charge in [0.1, 0.15) is 5.69 Å². The molecule has 3 nitrogen and oxygen atoms in total. The average Bonchev–Trinajstić information content (AvgIpc) is 2.64. The van der Waals surface area contributed by atoms with Crippen LogP contribution in [0, 0.1) is 17.6 Å². The summed E-state index contributed by atoms with van der Waals surface area (Å²) in [4.78, 5) is 0. The monoisotopic (exact) mass is 252 g/mol. The van der Waals surface area contributed by atoms with Gasteiger partial charge in [-0.3, -0.25) is 0 Å². The molecule has 0 amide bonds. The van der Waals surface area contributed by atoms with Crippen LogP contribution in [0.4, 0.5) is 14.7 Å². The summed E-state index contributed by atoms with van der Waals surface area (Å²) >= 11 is 0. The molecule has 5 heteroatoms. The number of aromatic nitrogens is 1. The molecular weight excluding hydrogens is 238 g/mol. The molecule has 0 saturated heterocycles. The lowest BCUT2D eigenvalue weighted by atomic mass is 9.99. The van der Waals surface area contributed by atoms with Gasteiger partial charge in [0, 0.05) is 11.1 Å². The minimum Gasteiger partial charge on any atom is -0.367 e. The molecule has 0 fully saturated rings. The molecule has 2 aromatic rings. The number of halogens is 2. The van der Waals surface area contributed by atoms with Crippen LogP contribution in [0.5, 0.6) is 0 Å². The lowest BCUT2D eigenvalue weighted by molar-refractivity contribution is 0.438. The summed E-state index contributed by atoms with van der Waals surface area (Å²) in [5.41, 5.74) is 7.37. The van der Waals surface area contributed by atoms with Crippen LogP contribution in [0.1, 0.15) is 19.4 Å². The van der Waals surface area contributed by atoms with Crippen LogP contribution < -0.4 is 5.73 Å². The van der Waals surface area contributed by atoms with Gasteiger partial charge in [-0.1, -0.05) is 19.0 Å². The first-order valence-electron chi connectivity index (χ1n) is 5.68. The molecular formula is C13H14F2N2O. The summed E-state index contributed by atoms with van der Waals surface area (Å²) in [6.45, 7) is 4.06. The summed E-state index contributed by atoms with van der Waals surface area (Å²) in [7, 11) is 0. The molecule has 96 valence electrons. The second-order valence-corrected chi connectivity index (χ2v) is 4.60. The van der Waals surface area contributed by atoms with E-state index in [9.17, 15) is 8.78 Å². The number of anilines is 1. The number of benzene rings is 1. The second kappa shape index (κ2) is 4.76. The quantitative estimate of drug-likeness (QED) is 0.910. The molecule has 0 atom stereocenters. The van der Waals surface area contributed by atoms with E-state index in [4.69, 9.17) is 10.3 Å². The molecule has 2 rings (SSSR count). The molecule has 0 bridgehead atoms. The number of nitrogens with zero attached hydrogens (tertiary/aromatic N) is 1. The summed E-state index contributed by atoms with van der Waals surface area (Å²) in [6.07, 6.45) is 0.670. The average molecular weight is 252 g/mol. The van der Waals surface area contributed by atoms with Gasteiger partial charge in [0.2, 0.25) is 5.88 Å². The fourth-order valence-corrected chi connectivity index (χ4v) is 1.80. The van der Waals surface area contributed by atoms with E-state index < -0.39 is 11.6 Å². The third-order valence-electron chi connectivity index (χ3n) is 2.62. The van der Waals surface area contributed by atoms with Crippen molar-refractivity contribution in [3.8, 4) is 11.3 Å². The molecule has 0 unspecified atom stereocenters. The van der Waals surface area contributed by atoms with Crippen molar-refractivity contribution in [1.29, 1.82) is 0 Å². The van der Waals surface area contributed by atoms with E-state index in [1.807, 2.05) is 13.8 Å². The molecule has 0 saturated carbocycles. The van der Waals surface area contributed by atoms with Crippen molar-refractivity contribution >= 4 is 5.88 Å². The van der Waals surface area contributed by atoms with Gasteiger partial charge in [-0.05, 0) is 30.5 Å². The largest absolute Gasteiger partial charge is 0.367 e. The van der Waals surface area contributed by atoms with Crippen LogP contribution in [0.3, 0.4) is 0 Å². The molecule has 0 aliphatic carbocycles. The predicted octanol–water partition coefficient (Wildman–Crippen LogP) is 3.40. The first kappa shape index (κ1) is 12.5. The van der Waals surface area contributed by atoms with E-state index in [1.165, 1.54) is 6.07 Å². The molecule has 18 heavy (non-hydrogen) atoms. The SMILES string of the molecule is CC(C)Cc1c(-c2ccc(F)c(F)c2)noc1N. The minimum absolute atomic E-state index is 0.225. The van der Waals surface area contributed by atoms with Crippen molar-refractivity contribution in [2.75, 3.05) is 5.73 Å². The Morgan fingerprint density at radius 3 is 2.61 bits per heavy atom. The first-order valence-corrected chi connectivity index (χ1v) is 5.68. The van der Waals surface area contributed by atoms with Gasteiger partial charge in [0.05, 0.1) is 0 Å². The van der Waals surface area contributed by atoms with Gasteiger partial charge < -0.3 is 10.3 Å². The molecule has 2 N–H and O–H groups in total. The maximum absolute atomic E-state index is 13.2. The van der Waals surface area contributed by atoms with Crippen LogP contribution in [-0.2, 0) is 6.42 Å². The van der Waals surface area contributed by atoms with Gasteiger partial charge >= 0.3 is 0 Å². The van der Waals surface area contributed by atoms with Gasteiger partial charge in [0.25, 0.3) is 0 Å². The van der Waals surface area contributed by atoms with Crippen LogP contribution in [0.2, 0.25) is 0 Å². The normalized spacial score (nSPS) is 11.2. The number of rotatable bonds is 3. The van der Waals surface area contributed by atoms with Gasteiger partial charge in [-0.2, -0.15) is 0 Å². The van der Waals surface area contributed by atoms with E-state index >= 15 is 0 Å². The van der Waals surface area contributed by atoms with Crippen LogP contribution in [-0.4, -0.2) is 5.16 Å². The number of nitrogen functional groups attached to an aromatic ring is 1. The Hall–Kier alpha value is -1.91. The van der Waals surface area contributed by atoms with Gasteiger partial charge in [0.15, 0.2) is 11.6 Å². The third kappa shape index (κ3) is 2.34. The molecule has 1 aromatic heterocycles. The molecule has 1 heterocycles. The Kier molecular flexibility index (Phi) is 3.32. The summed E-state index contributed by atoms with van der Waals surface area (Å²) < 4.78 is 31.0. The van der Waals surface area contributed by atoms with Gasteiger partial charge in [-0.15, -0.1) is 0 Å². The van der Waals surface area contributed by atoms with Crippen molar-refractivity contribution in [2.24, 2.45) is 5.92 Å². The highest BCUT2D eigenvalue weighted by atomic mass is 19.2. The number of nitrogens with two attached hydrogens (primary N) is 1. The smallest absolute Gasteiger partial charge is 0.225 e. The number of hydrogen-bond acceptors (Lipinski definition) is 3. The summed E-state index contributed by atoms with van der Waals surface area (Å²) in [5, 5.41) is 3.82. The Morgan fingerprint density at radius 2 is 2.00 bits per heavy atom. The molecule has 0 spiro atoms. The molecule has 1 aromatic carbocycles. The summed E-state index contributed by atoms with van der Waals surface area (Å²) in [5.74, 6) is -1.22. The third-order valence-corrected chi connectivity index (χ3v) is 2.62. The highest BCUT2D eigenvalue weighted by Crippen LogP contribution is 2.29. The van der Waals surface area contributed by atoms with Crippen molar-refractivity contribution in [3.63, 3.8) is 0 Å². The topological polar surface area (TPSA) is 52.0 Å². The predicted molar refractivity (Wildman–Crippen MR) is 64.8 cm³/mol. The standard InChI is InChI=1S/C13H14F2N2O/c1-7(2)5-9-12(17-18-13(9)16)8-3-4-10(14)11(15)6-8/h3-4,6-7H,5,16H2,1-2H3. The molecule has 0 aliphatic heterocycles. The maximum atomic E-state index is 13.2. The van der Waals surface area contributed by atoms with Crippen molar-refractivity contribution in [2.45, 2.75) is 20.3 Å². The zero-order chi connectivity index (χ0) is 13.3. The highest BCUT2D eigenvalue weighted by molar-refractivity contribution is 5.67. The fraction of sp³-hybridized carbons (Fsp3) is 0.308. The van der Waals surface area contributed by atoms with E-state index in [-0.39, 0.29) is 5.88 Å². The number of hydrogen-bond donors (Lipinski definition) is 1. The van der Waals surface area contributed by atoms with Crippen LogP contribution in [0.25, 0.3) is 11.3 Å². The van der Waals surface area contributed by atoms with E-state index in [0.29, 0.717) is 23.6 Å². The Morgan fingerprint density at radius 1 is 1.28 bits per heavy atom. The van der Waals surface area contributed by atoms with Crippen LogP contribution in [0.15, 0.2) is 22.7 Å². The molecule has 0 radical (unpaired) electrons. The Balaban J connectivity index is 2.47. The molecule has 0 aliphatic rings. The lowest BCUT2D eigenvalue weighted by Crippen LogP contribution is -1.99. The van der Waals surface area contributed by atoms with E-state index in [0.717, 1.165) is 17.7 Å².